The molecule has 1 unspecified atom stereocenters. The summed E-state index contributed by atoms with van der Waals surface area (Å²) in [4.78, 5) is 0. The fraction of sp³-hybridized carbons (Fsp3) is 0.111. The molecule has 0 aliphatic carbocycles. The second-order valence-corrected chi connectivity index (χ2v) is 10.1. The number of hydrogen-bond acceptors (Lipinski definition) is 1. The van der Waals surface area contributed by atoms with Gasteiger partial charge in [0.2, 0.25) is 0 Å². The van der Waals surface area contributed by atoms with Gasteiger partial charge in [-0.25, -0.2) is 0 Å². The summed E-state index contributed by atoms with van der Waals surface area (Å²) in [6, 6.07) is 43.9. The standard InChI is InChI=1S/C36H29NO/c1-24-30-15-9-10-16-34(30)37-23-28-21-31(25-11-5-3-6-12-25)32(26-13-7-4-8-14-26)22-33(28)35(36(24)37)27-17-19-29(38-2)20-18-27/h3-22,35H,23H2,1-2H3. The molecule has 1 aliphatic heterocycles. The number of ether oxygens (including phenoxy) is 1. The number of benzene rings is 5. The van der Waals surface area contributed by atoms with Crippen molar-refractivity contribution in [2.24, 2.45) is 0 Å². The number of para-hydroxylation sites is 1. The molecule has 1 atom stereocenters. The molecule has 0 saturated heterocycles. The van der Waals surface area contributed by atoms with Crippen LogP contribution in [0.25, 0.3) is 33.2 Å². The molecular weight excluding hydrogens is 462 g/mol. The summed E-state index contributed by atoms with van der Waals surface area (Å²) >= 11 is 0. The molecule has 1 aliphatic rings. The predicted octanol–water partition coefficient (Wildman–Crippen LogP) is 8.83. The lowest BCUT2D eigenvalue weighted by Gasteiger charge is -2.31. The molecule has 2 heterocycles. The zero-order valence-electron chi connectivity index (χ0n) is 21.7. The van der Waals surface area contributed by atoms with E-state index in [1.165, 1.54) is 61.1 Å². The normalized spacial score (nSPS) is 14.2. The maximum atomic E-state index is 5.50. The van der Waals surface area contributed by atoms with Crippen LogP contribution in [0.5, 0.6) is 5.75 Å². The number of methoxy groups -OCH3 is 1. The third kappa shape index (κ3) is 3.56. The Morgan fingerprint density at radius 3 is 1.95 bits per heavy atom. The number of aryl methyl sites for hydroxylation is 1. The first-order valence-corrected chi connectivity index (χ1v) is 13.2. The summed E-state index contributed by atoms with van der Waals surface area (Å²) in [6.07, 6.45) is 0. The molecule has 2 heteroatoms. The number of hydrogen-bond donors (Lipinski definition) is 0. The van der Waals surface area contributed by atoms with Crippen LogP contribution in [0.4, 0.5) is 0 Å². The van der Waals surface area contributed by atoms with Crippen molar-refractivity contribution in [1.82, 2.24) is 4.57 Å². The molecule has 0 spiro atoms. The summed E-state index contributed by atoms with van der Waals surface area (Å²) in [5.74, 6) is 1.01. The van der Waals surface area contributed by atoms with Crippen LogP contribution in [0, 0.1) is 6.92 Å². The van der Waals surface area contributed by atoms with Crippen LogP contribution in [0.1, 0.15) is 33.9 Å². The molecule has 0 fully saturated rings. The summed E-state index contributed by atoms with van der Waals surface area (Å²) in [5.41, 5.74) is 13.1. The van der Waals surface area contributed by atoms with Crippen LogP contribution in [0.2, 0.25) is 0 Å². The second kappa shape index (κ2) is 9.08. The quantitative estimate of drug-likeness (QED) is 0.240. The highest BCUT2D eigenvalue weighted by atomic mass is 16.5. The van der Waals surface area contributed by atoms with Crippen molar-refractivity contribution in [3.8, 4) is 28.0 Å². The van der Waals surface area contributed by atoms with E-state index in [0.717, 1.165) is 12.3 Å². The molecule has 5 aromatic carbocycles. The second-order valence-electron chi connectivity index (χ2n) is 10.1. The minimum Gasteiger partial charge on any atom is -0.497 e. The minimum atomic E-state index is 0.129. The van der Waals surface area contributed by atoms with Gasteiger partial charge in [-0.15, -0.1) is 0 Å². The van der Waals surface area contributed by atoms with Crippen LogP contribution < -0.4 is 4.74 Å². The Balaban J connectivity index is 1.54. The van der Waals surface area contributed by atoms with Crippen molar-refractivity contribution in [2.75, 3.05) is 7.11 Å². The molecule has 38 heavy (non-hydrogen) atoms. The van der Waals surface area contributed by atoms with E-state index < -0.39 is 0 Å². The fourth-order valence-electron chi connectivity index (χ4n) is 6.27. The molecular formula is C36H29NO. The molecule has 0 N–H and O–H groups in total. The van der Waals surface area contributed by atoms with Crippen molar-refractivity contribution in [2.45, 2.75) is 19.4 Å². The van der Waals surface area contributed by atoms with Gasteiger partial charge >= 0.3 is 0 Å². The largest absolute Gasteiger partial charge is 0.497 e. The SMILES string of the molecule is COc1ccc(C2c3cc(-c4ccccc4)c(-c4ccccc4)cc3Cn3c2c(C)c2ccccc23)cc1. The lowest BCUT2D eigenvalue weighted by atomic mass is 9.79. The van der Waals surface area contributed by atoms with Gasteiger partial charge in [0.15, 0.2) is 0 Å². The van der Waals surface area contributed by atoms with Crippen LogP contribution in [-0.4, -0.2) is 11.7 Å². The highest BCUT2D eigenvalue weighted by Crippen LogP contribution is 2.47. The average molecular weight is 492 g/mol. The van der Waals surface area contributed by atoms with E-state index in [1.54, 1.807) is 7.11 Å². The van der Waals surface area contributed by atoms with Gasteiger partial charge in [-0.3, -0.25) is 0 Å². The Morgan fingerprint density at radius 2 is 1.29 bits per heavy atom. The van der Waals surface area contributed by atoms with E-state index in [0.29, 0.717) is 0 Å². The van der Waals surface area contributed by atoms with Crippen molar-refractivity contribution < 1.29 is 4.74 Å². The van der Waals surface area contributed by atoms with E-state index in [1.807, 2.05) is 0 Å². The monoisotopic (exact) mass is 491 g/mol. The van der Waals surface area contributed by atoms with Gasteiger partial charge < -0.3 is 9.30 Å². The highest BCUT2D eigenvalue weighted by Gasteiger charge is 2.32. The molecule has 0 amide bonds. The molecule has 184 valence electrons. The topological polar surface area (TPSA) is 14.2 Å². The summed E-state index contributed by atoms with van der Waals surface area (Å²) in [5, 5.41) is 1.33. The van der Waals surface area contributed by atoms with Crippen LogP contribution in [0.3, 0.4) is 0 Å². The number of fused-ring (bicyclic) bond motifs is 4. The van der Waals surface area contributed by atoms with Gasteiger partial charge in [-0.2, -0.15) is 0 Å². The van der Waals surface area contributed by atoms with Gasteiger partial charge in [-0.05, 0) is 81.8 Å². The molecule has 0 saturated carbocycles. The number of aromatic nitrogens is 1. The first-order chi connectivity index (χ1) is 18.7. The zero-order chi connectivity index (χ0) is 25.6. The van der Waals surface area contributed by atoms with Gasteiger partial charge in [0, 0.05) is 29.1 Å². The van der Waals surface area contributed by atoms with Crippen molar-refractivity contribution >= 4 is 10.9 Å². The zero-order valence-corrected chi connectivity index (χ0v) is 21.7. The maximum absolute atomic E-state index is 5.50. The molecule has 6 aromatic rings. The van der Waals surface area contributed by atoms with E-state index >= 15 is 0 Å². The summed E-state index contributed by atoms with van der Waals surface area (Å²) in [6.45, 7) is 3.15. The van der Waals surface area contributed by atoms with Gasteiger partial charge in [-0.1, -0.05) is 91.0 Å². The Hall–Kier alpha value is -4.56. The first kappa shape index (κ1) is 22.6. The lowest BCUT2D eigenvalue weighted by molar-refractivity contribution is 0.414. The first-order valence-electron chi connectivity index (χ1n) is 13.2. The van der Waals surface area contributed by atoms with E-state index in [2.05, 4.69) is 133 Å². The summed E-state index contributed by atoms with van der Waals surface area (Å²) < 4.78 is 8.04. The maximum Gasteiger partial charge on any atom is 0.118 e. The Bertz CT molecular complexity index is 1760. The Morgan fingerprint density at radius 1 is 0.684 bits per heavy atom. The molecule has 0 bridgehead atoms. The third-order valence-corrected chi connectivity index (χ3v) is 8.08. The van der Waals surface area contributed by atoms with Crippen LogP contribution in [-0.2, 0) is 6.54 Å². The Labute approximate surface area is 223 Å². The Kier molecular flexibility index (Phi) is 5.40. The molecule has 2 nitrogen and oxygen atoms in total. The van der Waals surface area contributed by atoms with E-state index in [9.17, 15) is 0 Å². The van der Waals surface area contributed by atoms with Gasteiger partial charge in [0.25, 0.3) is 0 Å². The smallest absolute Gasteiger partial charge is 0.118 e. The van der Waals surface area contributed by atoms with Gasteiger partial charge in [0.1, 0.15) is 5.75 Å². The van der Waals surface area contributed by atoms with Gasteiger partial charge in [0.05, 0.1) is 7.11 Å². The fourth-order valence-corrected chi connectivity index (χ4v) is 6.27. The van der Waals surface area contributed by atoms with Crippen LogP contribution >= 0.6 is 0 Å². The highest BCUT2D eigenvalue weighted by molar-refractivity contribution is 5.89. The molecule has 1 aromatic heterocycles. The molecule has 0 radical (unpaired) electrons. The average Bonchev–Trinajstić information content (AvgIpc) is 3.27. The van der Waals surface area contributed by atoms with Crippen molar-refractivity contribution in [1.29, 1.82) is 0 Å². The number of rotatable bonds is 4. The minimum absolute atomic E-state index is 0.129. The predicted molar refractivity (Wildman–Crippen MR) is 157 cm³/mol. The third-order valence-electron chi connectivity index (χ3n) is 8.08. The van der Waals surface area contributed by atoms with Crippen molar-refractivity contribution in [3.63, 3.8) is 0 Å². The molecule has 7 rings (SSSR count). The van der Waals surface area contributed by atoms with E-state index in [-0.39, 0.29) is 5.92 Å². The van der Waals surface area contributed by atoms with Crippen molar-refractivity contribution in [3.05, 3.63) is 149 Å². The van der Waals surface area contributed by atoms with Crippen LogP contribution in [0.15, 0.2) is 121 Å². The summed E-state index contributed by atoms with van der Waals surface area (Å²) in [7, 11) is 1.73. The number of nitrogens with zero attached hydrogens (tertiary/aromatic N) is 1. The van der Waals surface area contributed by atoms with E-state index in [4.69, 9.17) is 4.74 Å². The lowest BCUT2D eigenvalue weighted by Crippen LogP contribution is -2.20.